The van der Waals surface area contributed by atoms with E-state index < -0.39 is 12.1 Å². The Morgan fingerprint density at radius 2 is 1.83 bits per heavy atom. The SMILES string of the molecule is COc1cc2c(cc1OC)CC(NC(=O)[C@H](C)NC(=O)[C@@H](N)CCSC)CC2.Cl. The van der Waals surface area contributed by atoms with Crippen molar-refractivity contribution in [3.63, 3.8) is 0 Å². The van der Waals surface area contributed by atoms with Gasteiger partial charge in [-0.1, -0.05) is 0 Å². The zero-order valence-corrected chi connectivity index (χ0v) is 19.1. The van der Waals surface area contributed by atoms with Gasteiger partial charge in [0.1, 0.15) is 6.04 Å². The molecule has 0 spiro atoms. The summed E-state index contributed by atoms with van der Waals surface area (Å²) in [5.74, 6) is 1.73. The van der Waals surface area contributed by atoms with E-state index in [0.717, 1.165) is 36.3 Å². The Kier molecular flexibility index (Phi) is 10.6. The highest BCUT2D eigenvalue weighted by atomic mass is 35.5. The number of nitrogens with one attached hydrogen (secondary N) is 2. The molecule has 2 amide bonds. The maximum atomic E-state index is 12.5. The summed E-state index contributed by atoms with van der Waals surface area (Å²) in [4.78, 5) is 24.6. The second-order valence-electron chi connectivity index (χ2n) is 7.04. The van der Waals surface area contributed by atoms with Crippen molar-refractivity contribution in [2.24, 2.45) is 5.73 Å². The second kappa shape index (κ2) is 12.1. The van der Waals surface area contributed by atoms with Crippen molar-refractivity contribution in [1.82, 2.24) is 10.6 Å². The summed E-state index contributed by atoms with van der Waals surface area (Å²) in [5, 5.41) is 5.75. The monoisotopic (exact) mass is 445 g/mol. The number of aryl methyl sites for hydroxylation is 1. The predicted molar refractivity (Wildman–Crippen MR) is 119 cm³/mol. The molecule has 1 aliphatic rings. The van der Waals surface area contributed by atoms with Gasteiger partial charge in [-0.05, 0) is 67.9 Å². The molecule has 29 heavy (non-hydrogen) atoms. The third-order valence-electron chi connectivity index (χ3n) is 5.00. The highest BCUT2D eigenvalue weighted by molar-refractivity contribution is 7.98. The topological polar surface area (TPSA) is 103 Å². The molecule has 7 nitrogen and oxygen atoms in total. The summed E-state index contributed by atoms with van der Waals surface area (Å²) < 4.78 is 10.7. The summed E-state index contributed by atoms with van der Waals surface area (Å²) in [6, 6.07) is 2.78. The van der Waals surface area contributed by atoms with Crippen LogP contribution >= 0.6 is 24.2 Å². The number of rotatable bonds is 9. The molecule has 1 aromatic carbocycles. The average Bonchev–Trinajstić information content (AvgIpc) is 2.70. The fraction of sp³-hybridized carbons (Fsp3) is 0.600. The van der Waals surface area contributed by atoms with Gasteiger partial charge >= 0.3 is 0 Å². The van der Waals surface area contributed by atoms with Crippen molar-refractivity contribution in [2.75, 3.05) is 26.2 Å². The van der Waals surface area contributed by atoms with E-state index in [1.165, 1.54) is 5.56 Å². The molecule has 1 aliphatic carbocycles. The first-order valence-corrected chi connectivity index (χ1v) is 10.9. The van der Waals surface area contributed by atoms with Crippen LogP contribution in [0.25, 0.3) is 0 Å². The Morgan fingerprint density at radius 1 is 1.21 bits per heavy atom. The third kappa shape index (κ3) is 6.97. The first-order valence-electron chi connectivity index (χ1n) is 9.48. The molecule has 0 heterocycles. The quantitative estimate of drug-likeness (QED) is 0.534. The normalized spacial score (nSPS) is 17.2. The molecule has 164 valence electrons. The van der Waals surface area contributed by atoms with Gasteiger partial charge < -0.3 is 25.8 Å². The van der Waals surface area contributed by atoms with Gasteiger partial charge in [0.2, 0.25) is 11.8 Å². The summed E-state index contributed by atoms with van der Waals surface area (Å²) >= 11 is 1.64. The smallest absolute Gasteiger partial charge is 0.242 e. The van der Waals surface area contributed by atoms with Crippen molar-refractivity contribution < 1.29 is 19.1 Å². The minimum absolute atomic E-state index is 0. The van der Waals surface area contributed by atoms with E-state index in [4.69, 9.17) is 15.2 Å². The molecular formula is C20H32ClN3O4S. The first kappa shape index (κ1) is 25.4. The predicted octanol–water partition coefficient (Wildman–Crippen LogP) is 1.68. The molecule has 9 heteroatoms. The van der Waals surface area contributed by atoms with Crippen molar-refractivity contribution >= 4 is 36.0 Å². The Bertz CT molecular complexity index is 705. The Labute approximate surface area is 183 Å². The number of methoxy groups -OCH3 is 2. The fourth-order valence-electron chi connectivity index (χ4n) is 3.29. The van der Waals surface area contributed by atoms with Crippen LogP contribution < -0.4 is 25.8 Å². The Morgan fingerprint density at radius 3 is 2.41 bits per heavy atom. The largest absolute Gasteiger partial charge is 0.493 e. The van der Waals surface area contributed by atoms with Gasteiger partial charge in [0.25, 0.3) is 0 Å². The van der Waals surface area contributed by atoms with Gasteiger partial charge in [0.15, 0.2) is 11.5 Å². The number of thioether (sulfide) groups is 1. The number of amides is 2. The molecule has 0 radical (unpaired) electrons. The van der Waals surface area contributed by atoms with Crippen LogP contribution in [-0.4, -0.2) is 56.2 Å². The number of carbonyl (C=O) groups is 2. The third-order valence-corrected chi connectivity index (χ3v) is 5.65. The molecule has 4 N–H and O–H groups in total. The van der Waals surface area contributed by atoms with E-state index in [0.29, 0.717) is 12.2 Å². The molecule has 0 fully saturated rings. The molecule has 2 rings (SSSR count). The highest BCUT2D eigenvalue weighted by Gasteiger charge is 2.25. The first-order chi connectivity index (χ1) is 13.4. The molecule has 0 saturated carbocycles. The van der Waals surface area contributed by atoms with Crippen LogP contribution in [0.2, 0.25) is 0 Å². The number of benzene rings is 1. The minimum atomic E-state index is -0.625. The number of carbonyl (C=O) groups excluding carboxylic acids is 2. The standard InChI is InChI=1S/C20H31N3O4S.ClH/c1-12(22-20(25)16(21)7-8-28-4)19(24)23-15-6-5-13-10-17(26-2)18(27-3)11-14(13)9-15;/h10-12,15-16H,5-9,21H2,1-4H3,(H,22,25)(H,23,24);1H/t12-,15?,16-;/m0./s1. The number of halogens is 1. The van der Waals surface area contributed by atoms with Crippen LogP contribution in [-0.2, 0) is 22.4 Å². The molecule has 0 aromatic heterocycles. The summed E-state index contributed by atoms with van der Waals surface area (Å²) in [5.41, 5.74) is 8.22. The Hall–Kier alpha value is -1.64. The molecule has 3 atom stereocenters. The van der Waals surface area contributed by atoms with Crippen LogP contribution in [0, 0.1) is 0 Å². The van der Waals surface area contributed by atoms with Crippen LogP contribution in [0.1, 0.15) is 30.9 Å². The molecular weight excluding hydrogens is 414 g/mol. The van der Waals surface area contributed by atoms with Crippen molar-refractivity contribution in [3.05, 3.63) is 23.3 Å². The van der Waals surface area contributed by atoms with E-state index in [1.807, 2.05) is 18.4 Å². The van der Waals surface area contributed by atoms with Crippen LogP contribution in [0.3, 0.4) is 0 Å². The maximum Gasteiger partial charge on any atom is 0.242 e. The van der Waals surface area contributed by atoms with E-state index in [1.54, 1.807) is 32.9 Å². The summed E-state index contributed by atoms with van der Waals surface area (Å²) in [6.07, 6.45) is 4.96. The average molecular weight is 446 g/mol. The lowest BCUT2D eigenvalue weighted by molar-refractivity contribution is -0.129. The zero-order valence-electron chi connectivity index (χ0n) is 17.4. The summed E-state index contributed by atoms with van der Waals surface area (Å²) in [7, 11) is 3.24. The van der Waals surface area contributed by atoms with Gasteiger partial charge in [-0.15, -0.1) is 12.4 Å². The van der Waals surface area contributed by atoms with Crippen molar-refractivity contribution in [3.8, 4) is 11.5 Å². The fourth-order valence-corrected chi connectivity index (χ4v) is 3.78. The van der Waals surface area contributed by atoms with Gasteiger partial charge in [-0.2, -0.15) is 11.8 Å². The summed E-state index contributed by atoms with van der Waals surface area (Å²) in [6.45, 7) is 1.68. The zero-order chi connectivity index (χ0) is 20.7. The van der Waals surface area contributed by atoms with E-state index >= 15 is 0 Å². The molecule has 0 aliphatic heterocycles. The maximum absolute atomic E-state index is 12.5. The molecule has 0 bridgehead atoms. The highest BCUT2D eigenvalue weighted by Crippen LogP contribution is 2.34. The lowest BCUT2D eigenvalue weighted by atomic mass is 9.87. The molecule has 1 unspecified atom stereocenters. The second-order valence-corrected chi connectivity index (χ2v) is 8.03. The van der Waals surface area contributed by atoms with Crippen LogP contribution in [0.15, 0.2) is 12.1 Å². The van der Waals surface area contributed by atoms with Crippen LogP contribution in [0.5, 0.6) is 11.5 Å². The van der Waals surface area contributed by atoms with E-state index in [9.17, 15) is 9.59 Å². The lowest BCUT2D eigenvalue weighted by Crippen LogP contribution is -2.52. The van der Waals surface area contributed by atoms with Crippen molar-refractivity contribution in [1.29, 1.82) is 0 Å². The molecule has 0 saturated heterocycles. The molecule has 1 aromatic rings. The van der Waals surface area contributed by atoms with E-state index in [2.05, 4.69) is 10.6 Å². The van der Waals surface area contributed by atoms with Gasteiger partial charge in [0, 0.05) is 6.04 Å². The number of fused-ring (bicyclic) bond motifs is 1. The van der Waals surface area contributed by atoms with Crippen molar-refractivity contribution in [2.45, 2.75) is 50.7 Å². The number of hydrogen-bond donors (Lipinski definition) is 3. The Balaban J connectivity index is 0.00000420. The van der Waals surface area contributed by atoms with Gasteiger partial charge in [-0.3, -0.25) is 9.59 Å². The van der Waals surface area contributed by atoms with Gasteiger partial charge in [0.05, 0.1) is 20.3 Å². The lowest BCUT2D eigenvalue weighted by Gasteiger charge is -2.28. The van der Waals surface area contributed by atoms with Crippen LogP contribution in [0.4, 0.5) is 0 Å². The van der Waals surface area contributed by atoms with Gasteiger partial charge in [-0.25, -0.2) is 0 Å². The minimum Gasteiger partial charge on any atom is -0.493 e. The number of nitrogens with two attached hydrogens (primary N) is 1. The number of ether oxygens (including phenoxy) is 2. The number of hydrogen-bond acceptors (Lipinski definition) is 6. The van der Waals surface area contributed by atoms with E-state index in [-0.39, 0.29) is 30.3 Å².